The summed E-state index contributed by atoms with van der Waals surface area (Å²) in [6.45, 7) is 6.41. The highest BCUT2D eigenvalue weighted by Gasteiger charge is 2.23. The maximum absolute atomic E-state index is 5.45. The molecule has 1 atom stereocenters. The number of hydrogen-bond acceptors (Lipinski definition) is 5. The van der Waals surface area contributed by atoms with Crippen molar-refractivity contribution in [1.82, 2.24) is 10.2 Å². The molecule has 0 aliphatic carbocycles. The molecule has 1 aliphatic rings. The molecule has 1 aromatic carbocycles. The summed E-state index contributed by atoms with van der Waals surface area (Å²) in [6, 6.07) is 4.71. The zero-order valence-corrected chi connectivity index (χ0v) is 15.4. The molecule has 2 rings (SSSR count). The van der Waals surface area contributed by atoms with E-state index in [0.29, 0.717) is 11.8 Å². The minimum absolute atomic E-state index is 0. The van der Waals surface area contributed by atoms with Gasteiger partial charge >= 0.3 is 0 Å². The molecule has 6 heteroatoms. The molecule has 0 bridgehead atoms. The monoisotopic (exact) mass is 344 g/mol. The number of nitrogens with zero attached hydrogens (tertiary/aromatic N) is 1. The van der Waals surface area contributed by atoms with Gasteiger partial charge in [0.1, 0.15) is 0 Å². The SMILES string of the molecule is CCCN(Cc1cc(OC)c(OC)c(OC)c1)C1CCNC1.Cl. The predicted octanol–water partition coefficient (Wildman–Crippen LogP) is 2.71. The highest BCUT2D eigenvalue weighted by atomic mass is 35.5. The highest BCUT2D eigenvalue weighted by Crippen LogP contribution is 2.38. The van der Waals surface area contributed by atoms with Crippen molar-refractivity contribution in [3.8, 4) is 17.2 Å². The van der Waals surface area contributed by atoms with E-state index in [2.05, 4.69) is 17.1 Å². The summed E-state index contributed by atoms with van der Waals surface area (Å²) in [5.41, 5.74) is 1.19. The zero-order valence-electron chi connectivity index (χ0n) is 14.6. The van der Waals surface area contributed by atoms with E-state index in [0.717, 1.165) is 44.1 Å². The Morgan fingerprint density at radius 3 is 2.22 bits per heavy atom. The molecule has 1 aliphatic heterocycles. The number of methoxy groups -OCH3 is 3. The van der Waals surface area contributed by atoms with Crippen molar-refractivity contribution in [2.24, 2.45) is 0 Å². The first kappa shape index (κ1) is 19.9. The zero-order chi connectivity index (χ0) is 15.9. The van der Waals surface area contributed by atoms with Crippen molar-refractivity contribution < 1.29 is 14.2 Å². The fourth-order valence-electron chi connectivity index (χ4n) is 3.09. The Balaban J connectivity index is 0.00000264. The topological polar surface area (TPSA) is 43.0 Å². The highest BCUT2D eigenvalue weighted by molar-refractivity contribution is 5.85. The average Bonchev–Trinajstić information content (AvgIpc) is 3.07. The van der Waals surface area contributed by atoms with Gasteiger partial charge in [0.15, 0.2) is 11.5 Å². The van der Waals surface area contributed by atoms with Crippen LogP contribution >= 0.6 is 12.4 Å². The third-order valence-electron chi connectivity index (χ3n) is 4.17. The number of nitrogens with one attached hydrogen (secondary N) is 1. The van der Waals surface area contributed by atoms with Gasteiger partial charge in [0.2, 0.25) is 5.75 Å². The Labute approximate surface area is 145 Å². The lowest BCUT2D eigenvalue weighted by molar-refractivity contribution is 0.199. The molecule has 1 heterocycles. The number of rotatable bonds is 8. The molecule has 5 nitrogen and oxygen atoms in total. The van der Waals surface area contributed by atoms with Crippen LogP contribution < -0.4 is 19.5 Å². The third-order valence-corrected chi connectivity index (χ3v) is 4.17. The van der Waals surface area contributed by atoms with Crippen molar-refractivity contribution in [2.75, 3.05) is 41.0 Å². The van der Waals surface area contributed by atoms with Crippen LogP contribution in [0.5, 0.6) is 17.2 Å². The van der Waals surface area contributed by atoms with Crippen LogP contribution in [0, 0.1) is 0 Å². The Morgan fingerprint density at radius 2 is 1.78 bits per heavy atom. The van der Waals surface area contributed by atoms with Crippen LogP contribution in [-0.2, 0) is 6.54 Å². The van der Waals surface area contributed by atoms with Crippen LogP contribution in [0.3, 0.4) is 0 Å². The first-order chi connectivity index (χ1) is 10.7. The van der Waals surface area contributed by atoms with E-state index in [1.807, 2.05) is 12.1 Å². The third kappa shape index (κ3) is 4.90. The summed E-state index contributed by atoms with van der Waals surface area (Å²) in [4.78, 5) is 2.54. The summed E-state index contributed by atoms with van der Waals surface area (Å²) in [5.74, 6) is 2.09. The molecule has 132 valence electrons. The first-order valence-electron chi connectivity index (χ1n) is 7.97. The van der Waals surface area contributed by atoms with Crippen molar-refractivity contribution in [3.63, 3.8) is 0 Å². The maximum Gasteiger partial charge on any atom is 0.203 e. The lowest BCUT2D eigenvalue weighted by Gasteiger charge is -2.28. The van der Waals surface area contributed by atoms with Gasteiger partial charge in [0.25, 0.3) is 0 Å². The van der Waals surface area contributed by atoms with E-state index in [1.54, 1.807) is 21.3 Å². The second kappa shape index (κ2) is 9.85. The smallest absolute Gasteiger partial charge is 0.203 e. The van der Waals surface area contributed by atoms with E-state index in [9.17, 15) is 0 Å². The van der Waals surface area contributed by atoms with Gasteiger partial charge in [-0.05, 0) is 43.6 Å². The van der Waals surface area contributed by atoms with E-state index in [-0.39, 0.29) is 12.4 Å². The quantitative estimate of drug-likeness (QED) is 0.785. The normalized spacial score (nSPS) is 17.0. The number of ether oxygens (including phenoxy) is 3. The maximum atomic E-state index is 5.45. The molecule has 1 fully saturated rings. The standard InChI is InChI=1S/C17H28N2O3.ClH/c1-5-8-19(14-6-7-18-11-14)12-13-9-15(20-2)17(22-4)16(10-13)21-3;/h9-10,14,18H,5-8,11-12H2,1-4H3;1H. The molecule has 23 heavy (non-hydrogen) atoms. The minimum atomic E-state index is 0. The largest absolute Gasteiger partial charge is 0.493 e. The lowest BCUT2D eigenvalue weighted by Crippen LogP contribution is -2.36. The molecule has 0 saturated carbocycles. The molecular weight excluding hydrogens is 316 g/mol. The van der Waals surface area contributed by atoms with Crippen molar-refractivity contribution >= 4 is 12.4 Å². The van der Waals surface area contributed by atoms with Crippen molar-refractivity contribution in [3.05, 3.63) is 17.7 Å². The summed E-state index contributed by atoms with van der Waals surface area (Å²) in [5, 5.41) is 3.45. The Morgan fingerprint density at radius 1 is 1.13 bits per heavy atom. The molecular formula is C17H29ClN2O3. The van der Waals surface area contributed by atoms with Gasteiger partial charge in [-0.2, -0.15) is 0 Å². The van der Waals surface area contributed by atoms with Crippen molar-refractivity contribution in [1.29, 1.82) is 0 Å². The van der Waals surface area contributed by atoms with E-state index >= 15 is 0 Å². The fourth-order valence-corrected chi connectivity index (χ4v) is 3.09. The molecule has 1 N–H and O–H groups in total. The number of halogens is 1. The minimum Gasteiger partial charge on any atom is -0.493 e. The van der Waals surface area contributed by atoms with Crippen LogP contribution in [0.4, 0.5) is 0 Å². The summed E-state index contributed by atoms with van der Waals surface area (Å²) in [6.07, 6.45) is 2.37. The number of hydrogen-bond donors (Lipinski definition) is 1. The van der Waals surface area contributed by atoms with E-state index in [4.69, 9.17) is 14.2 Å². The summed E-state index contributed by atoms with van der Waals surface area (Å²) >= 11 is 0. The van der Waals surface area contributed by atoms with Gasteiger partial charge in [0, 0.05) is 19.1 Å². The molecule has 1 aromatic rings. The molecule has 0 aromatic heterocycles. The van der Waals surface area contributed by atoms with Crippen LogP contribution in [0.15, 0.2) is 12.1 Å². The van der Waals surface area contributed by atoms with Crippen molar-refractivity contribution in [2.45, 2.75) is 32.4 Å². The van der Waals surface area contributed by atoms with Crippen LogP contribution in [0.25, 0.3) is 0 Å². The molecule has 1 saturated heterocycles. The predicted molar refractivity (Wildman–Crippen MR) is 95.3 cm³/mol. The van der Waals surface area contributed by atoms with Gasteiger partial charge in [0.05, 0.1) is 21.3 Å². The second-order valence-electron chi connectivity index (χ2n) is 5.65. The van der Waals surface area contributed by atoms with Gasteiger partial charge in [-0.25, -0.2) is 0 Å². The van der Waals surface area contributed by atoms with E-state index in [1.165, 1.54) is 12.0 Å². The van der Waals surface area contributed by atoms with Gasteiger partial charge in [-0.1, -0.05) is 6.92 Å². The lowest BCUT2D eigenvalue weighted by atomic mass is 10.1. The molecule has 0 amide bonds. The van der Waals surface area contributed by atoms with Gasteiger partial charge < -0.3 is 19.5 Å². The first-order valence-corrected chi connectivity index (χ1v) is 7.97. The van der Waals surface area contributed by atoms with Crippen LogP contribution in [-0.4, -0.2) is 51.9 Å². The Bertz CT molecular complexity index is 454. The van der Waals surface area contributed by atoms with Gasteiger partial charge in [-0.3, -0.25) is 4.90 Å². The summed E-state index contributed by atoms with van der Waals surface area (Å²) in [7, 11) is 4.95. The molecule has 1 unspecified atom stereocenters. The summed E-state index contributed by atoms with van der Waals surface area (Å²) < 4.78 is 16.3. The molecule has 0 radical (unpaired) electrons. The number of benzene rings is 1. The average molecular weight is 345 g/mol. The van der Waals surface area contributed by atoms with Crippen LogP contribution in [0.2, 0.25) is 0 Å². The Hall–Kier alpha value is -1.17. The van der Waals surface area contributed by atoms with E-state index < -0.39 is 0 Å². The molecule has 0 spiro atoms. The fraction of sp³-hybridized carbons (Fsp3) is 0.647. The van der Waals surface area contributed by atoms with Gasteiger partial charge in [-0.15, -0.1) is 12.4 Å². The van der Waals surface area contributed by atoms with Crippen LogP contribution in [0.1, 0.15) is 25.3 Å². The second-order valence-corrected chi connectivity index (χ2v) is 5.65. The Kier molecular flexibility index (Phi) is 8.52.